The van der Waals surface area contributed by atoms with Crippen molar-refractivity contribution in [3.8, 4) is 0 Å². The van der Waals surface area contributed by atoms with Gasteiger partial charge in [-0.15, -0.1) is 0 Å². The molecule has 5 nitrogen and oxygen atoms in total. The molecular formula is C17H28N4O. The molecule has 5 heteroatoms. The average Bonchev–Trinajstić information content (AvgIpc) is 2.59. The molecule has 1 fully saturated rings. The van der Waals surface area contributed by atoms with Crippen LogP contribution >= 0.6 is 0 Å². The summed E-state index contributed by atoms with van der Waals surface area (Å²) in [6.07, 6.45) is 0. The van der Waals surface area contributed by atoms with Gasteiger partial charge < -0.3 is 16.0 Å². The Kier molecular flexibility index (Phi) is 6.36. The number of nitrogens with one attached hydrogen (secondary N) is 1. The van der Waals surface area contributed by atoms with Crippen LogP contribution in [0.2, 0.25) is 0 Å². The number of rotatable bonds is 6. The van der Waals surface area contributed by atoms with Gasteiger partial charge in [0.25, 0.3) is 5.91 Å². The van der Waals surface area contributed by atoms with Crippen LogP contribution < -0.4 is 11.1 Å². The minimum Gasteiger partial charge on any atom is -0.350 e. The highest BCUT2D eigenvalue weighted by molar-refractivity contribution is 5.94. The molecule has 1 unspecified atom stereocenters. The van der Waals surface area contributed by atoms with Gasteiger partial charge in [0.05, 0.1) is 0 Å². The van der Waals surface area contributed by atoms with E-state index in [2.05, 4.69) is 29.0 Å². The molecule has 0 spiro atoms. The van der Waals surface area contributed by atoms with E-state index in [1.165, 1.54) is 0 Å². The van der Waals surface area contributed by atoms with E-state index in [0.29, 0.717) is 24.7 Å². The van der Waals surface area contributed by atoms with Crippen LogP contribution in [-0.4, -0.2) is 61.0 Å². The van der Waals surface area contributed by atoms with E-state index in [4.69, 9.17) is 5.73 Å². The summed E-state index contributed by atoms with van der Waals surface area (Å²) >= 11 is 0. The van der Waals surface area contributed by atoms with Crippen LogP contribution in [0, 0.1) is 0 Å². The molecule has 0 aliphatic carbocycles. The molecule has 1 heterocycles. The number of hydrogen-bond acceptors (Lipinski definition) is 4. The number of piperazine rings is 1. The summed E-state index contributed by atoms with van der Waals surface area (Å²) in [6.45, 7) is 11.1. The van der Waals surface area contributed by atoms with Crippen LogP contribution in [0.15, 0.2) is 24.3 Å². The SMILES string of the molecule is CCN1CCN(C(C)CNC(=O)c2ccc(CN)cc2)CC1. The van der Waals surface area contributed by atoms with Crippen molar-refractivity contribution in [2.75, 3.05) is 39.3 Å². The van der Waals surface area contributed by atoms with Crippen molar-refractivity contribution in [1.82, 2.24) is 15.1 Å². The molecule has 0 radical (unpaired) electrons. The molecule has 0 saturated carbocycles. The zero-order chi connectivity index (χ0) is 15.9. The topological polar surface area (TPSA) is 61.6 Å². The number of carbonyl (C=O) groups is 1. The van der Waals surface area contributed by atoms with E-state index in [9.17, 15) is 4.79 Å². The van der Waals surface area contributed by atoms with Crippen molar-refractivity contribution in [2.45, 2.75) is 26.4 Å². The molecule has 1 atom stereocenters. The van der Waals surface area contributed by atoms with E-state index in [-0.39, 0.29) is 5.91 Å². The Morgan fingerprint density at radius 3 is 2.41 bits per heavy atom. The van der Waals surface area contributed by atoms with E-state index < -0.39 is 0 Å². The number of likely N-dealkylation sites (N-methyl/N-ethyl adjacent to an activating group) is 1. The van der Waals surface area contributed by atoms with Crippen LogP contribution in [0.4, 0.5) is 0 Å². The van der Waals surface area contributed by atoms with Gasteiger partial charge in [0.1, 0.15) is 0 Å². The second kappa shape index (κ2) is 8.27. The summed E-state index contributed by atoms with van der Waals surface area (Å²) < 4.78 is 0. The Morgan fingerprint density at radius 1 is 1.23 bits per heavy atom. The fourth-order valence-electron chi connectivity index (χ4n) is 2.78. The highest BCUT2D eigenvalue weighted by atomic mass is 16.1. The van der Waals surface area contributed by atoms with Crippen LogP contribution in [-0.2, 0) is 6.54 Å². The monoisotopic (exact) mass is 304 g/mol. The van der Waals surface area contributed by atoms with Gasteiger partial charge in [-0.25, -0.2) is 0 Å². The molecule has 1 saturated heterocycles. The van der Waals surface area contributed by atoms with E-state index >= 15 is 0 Å². The van der Waals surface area contributed by atoms with Gasteiger partial charge in [-0.1, -0.05) is 19.1 Å². The van der Waals surface area contributed by atoms with Gasteiger partial charge in [-0.3, -0.25) is 9.69 Å². The van der Waals surface area contributed by atoms with Crippen molar-refractivity contribution in [2.24, 2.45) is 5.73 Å². The number of nitrogens with zero attached hydrogens (tertiary/aromatic N) is 2. The summed E-state index contributed by atoms with van der Waals surface area (Å²) in [5.41, 5.74) is 7.30. The highest BCUT2D eigenvalue weighted by Crippen LogP contribution is 2.07. The van der Waals surface area contributed by atoms with Gasteiger partial charge in [-0.2, -0.15) is 0 Å². The summed E-state index contributed by atoms with van der Waals surface area (Å²) in [6, 6.07) is 7.85. The zero-order valence-electron chi connectivity index (χ0n) is 13.7. The van der Waals surface area contributed by atoms with Crippen LogP contribution in [0.3, 0.4) is 0 Å². The second-order valence-corrected chi connectivity index (χ2v) is 5.93. The van der Waals surface area contributed by atoms with Gasteiger partial charge in [0.2, 0.25) is 0 Å². The molecule has 1 aromatic rings. The lowest BCUT2D eigenvalue weighted by atomic mass is 10.1. The van der Waals surface area contributed by atoms with Crippen molar-refractivity contribution < 1.29 is 4.79 Å². The van der Waals surface area contributed by atoms with Crippen LogP contribution in [0.25, 0.3) is 0 Å². The number of carbonyl (C=O) groups excluding carboxylic acids is 1. The molecule has 22 heavy (non-hydrogen) atoms. The minimum atomic E-state index is -0.0115. The largest absolute Gasteiger partial charge is 0.350 e. The summed E-state index contributed by atoms with van der Waals surface area (Å²) in [5, 5.41) is 3.03. The van der Waals surface area contributed by atoms with E-state index in [1.807, 2.05) is 24.3 Å². The molecule has 0 aromatic heterocycles. The van der Waals surface area contributed by atoms with Gasteiger partial charge in [0.15, 0.2) is 0 Å². The number of nitrogens with two attached hydrogens (primary N) is 1. The first kappa shape index (κ1) is 16.9. The second-order valence-electron chi connectivity index (χ2n) is 5.93. The lowest BCUT2D eigenvalue weighted by Crippen LogP contribution is -2.52. The number of amides is 1. The van der Waals surface area contributed by atoms with Crippen LogP contribution in [0.5, 0.6) is 0 Å². The third-order valence-electron chi connectivity index (χ3n) is 4.49. The first-order valence-corrected chi connectivity index (χ1v) is 8.17. The Bertz CT molecular complexity index is 466. The fourth-order valence-corrected chi connectivity index (χ4v) is 2.78. The Labute approximate surface area is 133 Å². The Balaban J connectivity index is 1.77. The first-order valence-electron chi connectivity index (χ1n) is 8.17. The Morgan fingerprint density at radius 2 is 1.86 bits per heavy atom. The van der Waals surface area contributed by atoms with Gasteiger partial charge in [0, 0.05) is 50.9 Å². The summed E-state index contributed by atoms with van der Waals surface area (Å²) in [4.78, 5) is 17.1. The van der Waals surface area contributed by atoms with Crippen molar-refractivity contribution in [1.29, 1.82) is 0 Å². The molecule has 1 aliphatic heterocycles. The number of hydrogen-bond donors (Lipinski definition) is 2. The lowest BCUT2D eigenvalue weighted by Gasteiger charge is -2.37. The summed E-state index contributed by atoms with van der Waals surface area (Å²) in [7, 11) is 0. The molecule has 1 aromatic carbocycles. The normalized spacial score (nSPS) is 18.1. The van der Waals surface area contributed by atoms with Crippen molar-refractivity contribution in [3.05, 3.63) is 35.4 Å². The third-order valence-corrected chi connectivity index (χ3v) is 4.49. The third kappa shape index (κ3) is 4.53. The standard InChI is InChI=1S/C17H28N4O/c1-3-20-8-10-21(11-9-20)14(2)13-19-17(22)16-6-4-15(12-18)5-7-16/h4-7,14H,3,8-13,18H2,1-2H3,(H,19,22). The number of benzene rings is 1. The highest BCUT2D eigenvalue weighted by Gasteiger charge is 2.20. The van der Waals surface area contributed by atoms with Crippen molar-refractivity contribution >= 4 is 5.91 Å². The first-order chi connectivity index (χ1) is 10.6. The zero-order valence-corrected chi connectivity index (χ0v) is 13.7. The molecule has 1 amide bonds. The van der Waals surface area contributed by atoms with E-state index in [1.54, 1.807) is 0 Å². The molecule has 1 aliphatic rings. The van der Waals surface area contributed by atoms with Gasteiger partial charge >= 0.3 is 0 Å². The molecule has 0 bridgehead atoms. The van der Waals surface area contributed by atoms with Crippen molar-refractivity contribution in [3.63, 3.8) is 0 Å². The predicted octanol–water partition coefficient (Wildman–Crippen LogP) is 0.901. The average molecular weight is 304 g/mol. The molecular weight excluding hydrogens is 276 g/mol. The minimum absolute atomic E-state index is 0.0115. The molecule has 2 rings (SSSR count). The van der Waals surface area contributed by atoms with Crippen LogP contribution in [0.1, 0.15) is 29.8 Å². The maximum atomic E-state index is 12.2. The smallest absolute Gasteiger partial charge is 0.251 e. The molecule has 3 N–H and O–H groups in total. The Hall–Kier alpha value is -1.43. The van der Waals surface area contributed by atoms with E-state index in [0.717, 1.165) is 38.3 Å². The quantitative estimate of drug-likeness (QED) is 0.820. The fraction of sp³-hybridized carbons (Fsp3) is 0.588. The maximum absolute atomic E-state index is 12.2. The predicted molar refractivity (Wildman–Crippen MR) is 89.8 cm³/mol. The summed E-state index contributed by atoms with van der Waals surface area (Å²) in [5.74, 6) is -0.0115. The maximum Gasteiger partial charge on any atom is 0.251 e. The lowest BCUT2D eigenvalue weighted by molar-refractivity contribution is 0.0883. The molecule has 122 valence electrons. The van der Waals surface area contributed by atoms with Gasteiger partial charge in [-0.05, 0) is 31.2 Å².